The lowest BCUT2D eigenvalue weighted by molar-refractivity contribution is 0.150. The first-order chi connectivity index (χ1) is 18.1. The van der Waals surface area contributed by atoms with Crippen molar-refractivity contribution in [2.75, 3.05) is 44.7 Å². The SMILES string of the molecule is CCN(C)C(=O)N1CCN(c2cc(S(=O)(=O)NC3(C#N)CC3)cc3c2cnn3-c2nnc(C(F)F)s2)CC1. The van der Waals surface area contributed by atoms with Gasteiger partial charge in [0.25, 0.3) is 6.43 Å². The van der Waals surface area contributed by atoms with Crippen molar-refractivity contribution in [2.24, 2.45) is 0 Å². The van der Waals surface area contributed by atoms with Crippen LogP contribution in [0.1, 0.15) is 31.2 Å². The summed E-state index contributed by atoms with van der Waals surface area (Å²) in [5.41, 5.74) is -0.229. The van der Waals surface area contributed by atoms with Crippen LogP contribution in [0.4, 0.5) is 19.3 Å². The lowest BCUT2D eigenvalue weighted by atomic mass is 10.1. The standard InChI is InChI=1S/C22H25F2N9O3S2/c1-3-30(2)21(34)32-8-6-31(7-9-32)16-10-14(38(35,36)29-22(13-25)4-5-22)11-17-15(16)12-26-33(17)20-28-27-19(37-20)18(23)24/h10-12,18,29H,3-9H2,1-2H3. The molecule has 16 heteroatoms. The van der Waals surface area contributed by atoms with E-state index in [9.17, 15) is 27.3 Å². The number of piperazine rings is 1. The van der Waals surface area contributed by atoms with E-state index in [2.05, 4.69) is 20.0 Å². The molecule has 0 radical (unpaired) electrons. The number of urea groups is 1. The number of nitrogens with one attached hydrogen (secondary N) is 1. The summed E-state index contributed by atoms with van der Waals surface area (Å²) in [6.45, 7) is 4.21. The molecular weight excluding hydrogens is 540 g/mol. The van der Waals surface area contributed by atoms with Gasteiger partial charge in [-0.05, 0) is 31.9 Å². The van der Waals surface area contributed by atoms with Crippen LogP contribution in [0, 0.1) is 11.3 Å². The first kappa shape index (κ1) is 26.2. The largest absolute Gasteiger partial charge is 0.367 e. The van der Waals surface area contributed by atoms with Crippen molar-refractivity contribution in [1.82, 2.24) is 34.5 Å². The number of sulfonamides is 1. The first-order valence-electron chi connectivity index (χ1n) is 11.9. The van der Waals surface area contributed by atoms with E-state index in [0.717, 1.165) is 0 Å². The van der Waals surface area contributed by atoms with E-state index in [1.807, 2.05) is 17.9 Å². The molecule has 2 aromatic heterocycles. The van der Waals surface area contributed by atoms with E-state index >= 15 is 0 Å². The van der Waals surface area contributed by atoms with Crippen LogP contribution < -0.4 is 9.62 Å². The number of nitrogens with zero attached hydrogens (tertiary/aromatic N) is 8. The van der Waals surface area contributed by atoms with E-state index in [0.29, 0.717) is 73.5 Å². The van der Waals surface area contributed by atoms with E-state index in [4.69, 9.17) is 0 Å². The Hall–Kier alpha value is -3.42. The maximum absolute atomic E-state index is 13.3. The topological polar surface area (TPSA) is 140 Å². The van der Waals surface area contributed by atoms with E-state index in [1.165, 1.54) is 23.0 Å². The Bertz CT molecular complexity index is 1520. The van der Waals surface area contributed by atoms with Gasteiger partial charge in [0.2, 0.25) is 15.2 Å². The van der Waals surface area contributed by atoms with Gasteiger partial charge in [-0.25, -0.2) is 26.7 Å². The molecular formula is C22H25F2N9O3S2. The second-order valence-corrected chi connectivity index (χ2v) is 11.9. The van der Waals surface area contributed by atoms with Gasteiger partial charge in [0.15, 0.2) is 5.01 Å². The highest BCUT2D eigenvalue weighted by Gasteiger charge is 2.47. The summed E-state index contributed by atoms with van der Waals surface area (Å²) in [6, 6.07) is 4.85. The van der Waals surface area contributed by atoms with Crippen LogP contribution >= 0.6 is 11.3 Å². The van der Waals surface area contributed by atoms with Crippen molar-refractivity contribution in [3.05, 3.63) is 23.3 Å². The van der Waals surface area contributed by atoms with Gasteiger partial charge < -0.3 is 14.7 Å². The number of fused-ring (bicyclic) bond motifs is 1. The molecule has 3 heterocycles. The number of benzene rings is 1. The van der Waals surface area contributed by atoms with Crippen LogP contribution in [-0.2, 0) is 10.0 Å². The van der Waals surface area contributed by atoms with Gasteiger partial charge in [-0.15, -0.1) is 10.2 Å². The van der Waals surface area contributed by atoms with Gasteiger partial charge in [-0.3, -0.25) is 0 Å². The summed E-state index contributed by atoms with van der Waals surface area (Å²) >= 11 is 0.658. The van der Waals surface area contributed by atoms with E-state index in [-0.39, 0.29) is 16.1 Å². The minimum Gasteiger partial charge on any atom is -0.367 e. The molecule has 2 aliphatic rings. The van der Waals surface area contributed by atoms with Crippen molar-refractivity contribution in [2.45, 2.75) is 36.6 Å². The van der Waals surface area contributed by atoms with Crippen molar-refractivity contribution >= 4 is 44.0 Å². The normalized spacial score (nSPS) is 17.2. The van der Waals surface area contributed by atoms with Crippen molar-refractivity contribution in [1.29, 1.82) is 5.26 Å². The Morgan fingerprint density at radius 1 is 1.26 bits per heavy atom. The maximum atomic E-state index is 13.3. The van der Waals surface area contributed by atoms with Gasteiger partial charge in [0, 0.05) is 50.8 Å². The third-order valence-electron chi connectivity index (χ3n) is 6.73. The molecule has 5 rings (SSSR count). The maximum Gasteiger partial charge on any atom is 0.319 e. The highest BCUT2D eigenvalue weighted by molar-refractivity contribution is 7.89. The summed E-state index contributed by atoms with van der Waals surface area (Å²) in [5.74, 6) is 0. The first-order valence-corrected chi connectivity index (χ1v) is 14.2. The van der Waals surface area contributed by atoms with Gasteiger partial charge in [-0.2, -0.15) is 15.1 Å². The fourth-order valence-corrected chi connectivity index (χ4v) is 6.33. The second-order valence-electron chi connectivity index (χ2n) is 9.23. The molecule has 38 heavy (non-hydrogen) atoms. The van der Waals surface area contributed by atoms with Crippen LogP contribution in [0.2, 0.25) is 0 Å². The summed E-state index contributed by atoms with van der Waals surface area (Å²) in [7, 11) is -2.38. The molecule has 1 aliphatic carbocycles. The molecule has 2 fully saturated rings. The number of rotatable bonds is 7. The summed E-state index contributed by atoms with van der Waals surface area (Å²) in [4.78, 5) is 17.8. The molecule has 3 aromatic rings. The predicted octanol–water partition coefficient (Wildman–Crippen LogP) is 2.34. The fraction of sp³-hybridized carbons (Fsp3) is 0.500. The number of alkyl halides is 2. The van der Waals surface area contributed by atoms with Crippen LogP contribution in [-0.4, -0.2) is 89.5 Å². The minimum atomic E-state index is -4.11. The molecule has 1 aliphatic heterocycles. The predicted molar refractivity (Wildman–Crippen MR) is 135 cm³/mol. The summed E-state index contributed by atoms with van der Waals surface area (Å²) in [6.07, 6.45) is -0.443. The highest BCUT2D eigenvalue weighted by atomic mass is 32.2. The molecule has 0 spiro atoms. The molecule has 2 amide bonds. The smallest absolute Gasteiger partial charge is 0.319 e. The zero-order chi connectivity index (χ0) is 27.2. The molecule has 1 aromatic carbocycles. The highest BCUT2D eigenvalue weighted by Crippen LogP contribution is 2.38. The molecule has 0 atom stereocenters. The average Bonchev–Trinajstić information content (AvgIpc) is 3.29. The summed E-state index contributed by atoms with van der Waals surface area (Å²) < 4.78 is 56.8. The minimum absolute atomic E-state index is 0.0671. The van der Waals surface area contributed by atoms with E-state index < -0.39 is 27.0 Å². The Morgan fingerprint density at radius 3 is 2.55 bits per heavy atom. The Balaban J connectivity index is 1.55. The number of anilines is 1. The average molecular weight is 566 g/mol. The van der Waals surface area contributed by atoms with Crippen LogP contribution in [0.5, 0.6) is 0 Å². The molecule has 1 N–H and O–H groups in total. The number of hydrogen-bond acceptors (Lipinski definition) is 9. The van der Waals surface area contributed by atoms with Crippen LogP contribution in [0.25, 0.3) is 16.0 Å². The molecule has 0 unspecified atom stereocenters. The second kappa shape index (κ2) is 9.71. The number of amides is 2. The lowest BCUT2D eigenvalue weighted by Crippen LogP contribution is -2.52. The molecule has 1 saturated carbocycles. The van der Waals surface area contributed by atoms with Gasteiger partial charge in [0.05, 0.1) is 22.7 Å². The van der Waals surface area contributed by atoms with Crippen molar-refractivity contribution < 1.29 is 22.0 Å². The number of nitriles is 1. The number of halogens is 2. The number of aromatic nitrogens is 4. The number of carbonyl (C=O) groups excluding carboxylic acids is 1. The fourth-order valence-electron chi connectivity index (χ4n) is 4.25. The van der Waals surface area contributed by atoms with Gasteiger partial charge in [0.1, 0.15) is 5.54 Å². The monoisotopic (exact) mass is 565 g/mol. The molecule has 1 saturated heterocycles. The van der Waals surface area contributed by atoms with Crippen LogP contribution in [0.3, 0.4) is 0 Å². The zero-order valence-corrected chi connectivity index (χ0v) is 22.3. The molecule has 202 valence electrons. The molecule has 0 bridgehead atoms. The zero-order valence-electron chi connectivity index (χ0n) is 20.6. The van der Waals surface area contributed by atoms with Crippen LogP contribution in [0.15, 0.2) is 23.2 Å². The lowest BCUT2D eigenvalue weighted by Gasteiger charge is -2.38. The third-order valence-corrected chi connectivity index (χ3v) is 9.16. The van der Waals surface area contributed by atoms with Crippen molar-refractivity contribution in [3.63, 3.8) is 0 Å². The summed E-state index contributed by atoms with van der Waals surface area (Å²) in [5, 5.41) is 21.2. The third kappa shape index (κ3) is 4.76. The van der Waals surface area contributed by atoms with E-state index in [1.54, 1.807) is 16.8 Å². The molecule has 12 nitrogen and oxygen atoms in total. The van der Waals surface area contributed by atoms with Gasteiger partial charge in [-0.1, -0.05) is 11.3 Å². The Morgan fingerprint density at radius 2 is 1.97 bits per heavy atom. The number of hydrogen-bond donors (Lipinski definition) is 1. The Labute approximate surface area is 221 Å². The number of carbonyl (C=O) groups is 1. The quantitative estimate of drug-likeness (QED) is 0.460. The van der Waals surface area contributed by atoms with Gasteiger partial charge >= 0.3 is 6.03 Å². The van der Waals surface area contributed by atoms with Crippen molar-refractivity contribution in [3.8, 4) is 11.2 Å². The Kier molecular flexibility index (Phi) is 6.70.